The van der Waals surface area contributed by atoms with Crippen molar-refractivity contribution in [2.24, 2.45) is 5.92 Å². The summed E-state index contributed by atoms with van der Waals surface area (Å²) >= 11 is 0. The van der Waals surface area contributed by atoms with Gasteiger partial charge >= 0.3 is 0 Å². The van der Waals surface area contributed by atoms with Gasteiger partial charge < -0.3 is 10.1 Å². The van der Waals surface area contributed by atoms with Gasteiger partial charge in [-0.15, -0.1) is 0 Å². The summed E-state index contributed by atoms with van der Waals surface area (Å²) in [5, 5.41) is 8.57. The van der Waals surface area contributed by atoms with Crippen LogP contribution >= 0.6 is 0 Å². The summed E-state index contributed by atoms with van der Waals surface area (Å²) in [6, 6.07) is 11.4. The molecule has 0 aliphatic heterocycles. The van der Waals surface area contributed by atoms with Crippen molar-refractivity contribution < 1.29 is 9.59 Å². The molecular formula is C21H22N4O2. The number of fused-ring (bicyclic) bond motifs is 1. The minimum atomic E-state index is -0.224. The van der Waals surface area contributed by atoms with Gasteiger partial charge in [-0.1, -0.05) is 6.07 Å². The van der Waals surface area contributed by atoms with Crippen LogP contribution in [-0.2, 0) is 4.79 Å². The van der Waals surface area contributed by atoms with Crippen molar-refractivity contribution in [2.75, 3.05) is 5.32 Å². The number of hydrogen-bond donors (Lipinski definition) is 1. The van der Waals surface area contributed by atoms with Gasteiger partial charge in [0.05, 0.1) is 11.6 Å². The maximum atomic E-state index is 12.4. The molecule has 1 saturated carbocycles. The minimum Gasteiger partial charge on any atom is -0.321 e. The van der Waals surface area contributed by atoms with Crippen LogP contribution in [0.4, 0.5) is 5.69 Å². The molecule has 0 saturated heterocycles. The summed E-state index contributed by atoms with van der Waals surface area (Å²) in [4.78, 5) is 27.6. The summed E-state index contributed by atoms with van der Waals surface area (Å²) in [6.07, 6.45) is 6.90. The highest BCUT2D eigenvalue weighted by molar-refractivity contribution is 6.03. The van der Waals surface area contributed by atoms with E-state index in [2.05, 4.69) is 15.4 Å². The van der Waals surface area contributed by atoms with Crippen molar-refractivity contribution in [1.82, 2.24) is 14.8 Å². The Kier molecular flexibility index (Phi) is 4.71. The van der Waals surface area contributed by atoms with Gasteiger partial charge in [0, 0.05) is 28.9 Å². The first-order chi connectivity index (χ1) is 13.1. The molecule has 1 aliphatic rings. The number of aromatic nitrogens is 3. The summed E-state index contributed by atoms with van der Waals surface area (Å²) in [7, 11) is 0. The lowest BCUT2D eigenvalue weighted by Crippen LogP contribution is -2.19. The second kappa shape index (κ2) is 7.31. The lowest BCUT2D eigenvalue weighted by atomic mass is 9.87. The molecule has 1 fully saturated rings. The van der Waals surface area contributed by atoms with Gasteiger partial charge in [0.25, 0.3) is 5.91 Å². The Balaban J connectivity index is 1.51. The van der Waals surface area contributed by atoms with Crippen LogP contribution in [-0.4, -0.2) is 27.0 Å². The number of anilines is 1. The predicted octanol–water partition coefficient (Wildman–Crippen LogP) is 3.92. The lowest BCUT2D eigenvalue weighted by molar-refractivity contribution is -0.112. The van der Waals surface area contributed by atoms with Gasteiger partial charge in [0.2, 0.25) is 0 Å². The third-order valence-corrected chi connectivity index (χ3v) is 5.21. The molecule has 3 aromatic rings. The van der Waals surface area contributed by atoms with E-state index in [1.165, 1.54) is 0 Å². The third kappa shape index (κ3) is 3.74. The van der Waals surface area contributed by atoms with Crippen LogP contribution < -0.4 is 5.32 Å². The highest BCUT2D eigenvalue weighted by Crippen LogP contribution is 2.32. The number of nitrogens with one attached hydrogen (secondary N) is 1. The molecule has 27 heavy (non-hydrogen) atoms. The van der Waals surface area contributed by atoms with E-state index in [0.717, 1.165) is 54.3 Å². The van der Waals surface area contributed by atoms with E-state index in [-0.39, 0.29) is 11.8 Å². The molecule has 0 bridgehead atoms. The van der Waals surface area contributed by atoms with Crippen LogP contribution in [0.15, 0.2) is 42.6 Å². The molecule has 6 nitrogen and oxygen atoms in total. The molecule has 0 unspecified atom stereocenters. The average Bonchev–Trinajstić information content (AvgIpc) is 3.11. The van der Waals surface area contributed by atoms with E-state index in [9.17, 15) is 9.59 Å². The zero-order chi connectivity index (χ0) is 18.8. The van der Waals surface area contributed by atoms with Gasteiger partial charge in [-0.2, -0.15) is 5.10 Å². The average molecular weight is 362 g/mol. The topological polar surface area (TPSA) is 76.9 Å². The Morgan fingerprint density at radius 2 is 2.00 bits per heavy atom. The number of hydrogen-bond acceptors (Lipinski definition) is 4. The molecule has 6 heteroatoms. The quantitative estimate of drug-likeness (QED) is 0.714. The number of rotatable bonds is 4. The number of carbonyl (C=O) groups excluding carboxylic acids is 2. The third-order valence-electron chi connectivity index (χ3n) is 5.21. The normalized spacial score (nSPS) is 19.7. The van der Waals surface area contributed by atoms with Crippen LogP contribution in [0.25, 0.3) is 10.9 Å². The first-order valence-electron chi connectivity index (χ1n) is 9.31. The van der Waals surface area contributed by atoms with E-state index in [1.807, 2.05) is 48.1 Å². The first-order valence-corrected chi connectivity index (χ1v) is 9.31. The highest BCUT2D eigenvalue weighted by Gasteiger charge is 2.22. The maximum Gasteiger partial charge on any atom is 0.274 e. The number of amides is 1. The second-order valence-electron chi connectivity index (χ2n) is 7.21. The van der Waals surface area contributed by atoms with Crippen molar-refractivity contribution in [2.45, 2.75) is 38.6 Å². The van der Waals surface area contributed by atoms with E-state index < -0.39 is 0 Å². The molecule has 0 spiro atoms. The van der Waals surface area contributed by atoms with Crippen molar-refractivity contribution in [3.8, 4) is 0 Å². The van der Waals surface area contributed by atoms with Gasteiger partial charge in [-0.3, -0.25) is 9.48 Å². The highest BCUT2D eigenvalue weighted by atomic mass is 16.1. The van der Waals surface area contributed by atoms with E-state index in [0.29, 0.717) is 11.7 Å². The van der Waals surface area contributed by atoms with E-state index >= 15 is 0 Å². The molecule has 1 aliphatic carbocycles. The van der Waals surface area contributed by atoms with E-state index in [1.54, 1.807) is 6.07 Å². The standard InChI is InChI=1S/C21H22N4O2/c1-14-3-2-4-20(22-14)21(27)23-17-7-10-19-16(11-17)12-25(24-19)18-8-5-15(13-26)6-9-18/h2-4,7,10-13,15,18H,5-6,8-9H2,1H3,(H,23,27). The summed E-state index contributed by atoms with van der Waals surface area (Å²) < 4.78 is 2.01. The Morgan fingerprint density at radius 1 is 1.19 bits per heavy atom. The summed E-state index contributed by atoms with van der Waals surface area (Å²) in [5.74, 6) is -0.0269. The zero-order valence-electron chi connectivity index (χ0n) is 15.3. The van der Waals surface area contributed by atoms with E-state index in [4.69, 9.17) is 0 Å². The molecule has 0 atom stereocenters. The SMILES string of the molecule is Cc1cccc(C(=O)Nc2ccc3nn(C4CCC(C=O)CC4)cc3c2)n1. The number of nitrogens with zero attached hydrogens (tertiary/aromatic N) is 3. The van der Waals surface area contributed by atoms with Crippen LogP contribution in [0.3, 0.4) is 0 Å². The fourth-order valence-electron chi connectivity index (χ4n) is 3.68. The van der Waals surface area contributed by atoms with Gasteiger partial charge in [0.15, 0.2) is 0 Å². The molecular weight excluding hydrogens is 340 g/mol. The van der Waals surface area contributed by atoms with Crippen molar-refractivity contribution >= 4 is 28.8 Å². The Hall–Kier alpha value is -3.02. The number of pyridine rings is 1. The molecule has 0 radical (unpaired) electrons. The zero-order valence-corrected chi connectivity index (χ0v) is 15.3. The summed E-state index contributed by atoms with van der Waals surface area (Å²) in [6.45, 7) is 1.86. The van der Waals surface area contributed by atoms with Crippen LogP contribution in [0.5, 0.6) is 0 Å². The molecule has 2 aromatic heterocycles. The maximum absolute atomic E-state index is 12.4. The number of aldehydes is 1. The van der Waals surface area contributed by atoms with Crippen LogP contribution in [0.2, 0.25) is 0 Å². The molecule has 4 rings (SSSR count). The molecule has 1 N–H and O–H groups in total. The monoisotopic (exact) mass is 362 g/mol. The molecule has 138 valence electrons. The van der Waals surface area contributed by atoms with Crippen molar-refractivity contribution in [3.05, 3.63) is 54.0 Å². The van der Waals surface area contributed by atoms with Crippen molar-refractivity contribution in [1.29, 1.82) is 0 Å². The largest absolute Gasteiger partial charge is 0.321 e. The fourth-order valence-corrected chi connectivity index (χ4v) is 3.68. The Labute approximate surface area is 157 Å². The number of benzene rings is 1. The minimum absolute atomic E-state index is 0.197. The number of aryl methyl sites for hydroxylation is 1. The number of carbonyl (C=O) groups is 2. The Bertz CT molecular complexity index is 987. The lowest BCUT2D eigenvalue weighted by Gasteiger charge is -2.25. The second-order valence-corrected chi connectivity index (χ2v) is 7.21. The molecule has 1 amide bonds. The van der Waals surface area contributed by atoms with Crippen LogP contribution in [0, 0.1) is 12.8 Å². The van der Waals surface area contributed by atoms with Crippen LogP contribution in [0.1, 0.15) is 47.9 Å². The Morgan fingerprint density at radius 3 is 2.74 bits per heavy atom. The fraction of sp³-hybridized carbons (Fsp3) is 0.333. The van der Waals surface area contributed by atoms with Gasteiger partial charge in [0.1, 0.15) is 12.0 Å². The smallest absolute Gasteiger partial charge is 0.274 e. The van der Waals surface area contributed by atoms with Gasteiger partial charge in [-0.05, 0) is 62.9 Å². The van der Waals surface area contributed by atoms with Crippen molar-refractivity contribution in [3.63, 3.8) is 0 Å². The molecule has 2 heterocycles. The first kappa shape index (κ1) is 17.4. The molecule has 1 aromatic carbocycles. The summed E-state index contributed by atoms with van der Waals surface area (Å²) in [5.41, 5.74) is 2.83. The predicted molar refractivity (Wildman–Crippen MR) is 104 cm³/mol. The van der Waals surface area contributed by atoms with Gasteiger partial charge in [-0.25, -0.2) is 4.98 Å².